The summed E-state index contributed by atoms with van der Waals surface area (Å²) in [7, 11) is 0. The number of hydrogen-bond donors (Lipinski definition) is 2. The average molecular weight is 495 g/mol. The fourth-order valence-electron chi connectivity index (χ4n) is 4.29. The van der Waals surface area contributed by atoms with Crippen LogP contribution in [0.25, 0.3) is 0 Å². The minimum Gasteiger partial charge on any atom is -0.457 e. The molecule has 0 heterocycles. The zero-order valence-corrected chi connectivity index (χ0v) is 22.3. The molecule has 0 saturated heterocycles. The van der Waals surface area contributed by atoms with Crippen LogP contribution in [-0.2, 0) is 6.42 Å². The largest absolute Gasteiger partial charge is 0.457 e. The van der Waals surface area contributed by atoms with Crippen LogP contribution < -0.4 is 20.9 Å². The average Bonchev–Trinajstić information content (AvgIpc) is 2.92. The molecule has 0 bridgehead atoms. The van der Waals surface area contributed by atoms with Gasteiger partial charge in [0.25, 0.3) is 0 Å². The van der Waals surface area contributed by atoms with Gasteiger partial charge in [0.05, 0.1) is 0 Å². The minimum absolute atomic E-state index is 0.460. The third kappa shape index (κ3) is 6.65. The molecule has 0 spiro atoms. The summed E-state index contributed by atoms with van der Waals surface area (Å²) in [4.78, 5) is 0. The summed E-state index contributed by atoms with van der Waals surface area (Å²) in [6.07, 6.45) is 2.84. The van der Waals surface area contributed by atoms with E-state index in [1.54, 1.807) is 0 Å². The van der Waals surface area contributed by atoms with Crippen LogP contribution >= 0.6 is 0 Å². The Kier molecular flexibility index (Phi) is 8.39. The molecule has 2 atom stereocenters. The molecule has 0 aliphatic carbocycles. The van der Waals surface area contributed by atoms with E-state index < -0.39 is 0 Å². The summed E-state index contributed by atoms with van der Waals surface area (Å²) in [5.41, 5.74) is 18.1. The van der Waals surface area contributed by atoms with Crippen molar-refractivity contribution in [2.75, 3.05) is 11.5 Å². The summed E-state index contributed by atoms with van der Waals surface area (Å²) in [6, 6.07) is 28.1. The van der Waals surface area contributed by atoms with Gasteiger partial charge in [-0.05, 0) is 108 Å². The van der Waals surface area contributed by atoms with Gasteiger partial charge in [-0.15, -0.1) is 0 Å². The number of hydrogen-bond acceptors (Lipinski definition) is 4. The zero-order valence-electron chi connectivity index (χ0n) is 22.3. The van der Waals surface area contributed by atoms with E-state index in [4.69, 9.17) is 20.9 Å². The first kappa shape index (κ1) is 26.2. The number of nitrogen functional groups attached to an aromatic ring is 2. The number of anilines is 2. The number of benzene rings is 4. The standard InChI is InChI=1S/C33H38N2O2/c1-5-22(3)24-7-17-32(36-30-13-9-28(34)10-14-30)26(19-24)21-27-20-25(23(4)6-2)8-18-33(27)37-31-15-11-29(35)12-16-31/h7-20,22-23H,5-6,21,34-35H2,1-4H3. The molecular formula is C33H38N2O2. The van der Waals surface area contributed by atoms with E-state index in [0.717, 1.165) is 47.0 Å². The summed E-state index contributed by atoms with van der Waals surface area (Å²) >= 11 is 0. The quantitative estimate of drug-likeness (QED) is 0.216. The maximum Gasteiger partial charge on any atom is 0.130 e. The van der Waals surface area contributed by atoms with Crippen molar-refractivity contribution >= 4 is 11.4 Å². The zero-order chi connectivity index (χ0) is 26.4. The first-order chi connectivity index (χ1) is 17.9. The Balaban J connectivity index is 1.75. The molecule has 0 radical (unpaired) electrons. The lowest BCUT2D eigenvalue weighted by atomic mass is 9.91. The summed E-state index contributed by atoms with van der Waals surface area (Å²) in [6.45, 7) is 8.96. The van der Waals surface area contributed by atoms with Crippen molar-refractivity contribution < 1.29 is 9.47 Å². The van der Waals surface area contributed by atoms with Crippen LogP contribution in [0.2, 0.25) is 0 Å². The molecule has 0 aliphatic rings. The highest BCUT2D eigenvalue weighted by molar-refractivity contribution is 5.50. The predicted octanol–water partition coefficient (Wildman–Crippen LogP) is 9.05. The molecule has 192 valence electrons. The van der Waals surface area contributed by atoms with E-state index in [0.29, 0.717) is 29.6 Å². The second kappa shape index (κ2) is 11.9. The van der Waals surface area contributed by atoms with Crippen LogP contribution in [0.15, 0.2) is 84.9 Å². The monoisotopic (exact) mass is 494 g/mol. The lowest BCUT2D eigenvalue weighted by Crippen LogP contribution is -2.01. The molecule has 37 heavy (non-hydrogen) atoms. The Morgan fingerprint density at radius 3 is 1.30 bits per heavy atom. The summed E-state index contributed by atoms with van der Waals surface area (Å²) in [5, 5.41) is 0. The van der Waals surface area contributed by atoms with E-state index in [2.05, 4.69) is 64.1 Å². The Morgan fingerprint density at radius 1 is 0.568 bits per heavy atom. The highest BCUT2D eigenvalue weighted by atomic mass is 16.5. The van der Waals surface area contributed by atoms with Crippen molar-refractivity contribution in [2.24, 2.45) is 0 Å². The minimum atomic E-state index is 0.460. The van der Waals surface area contributed by atoms with Crippen molar-refractivity contribution in [1.82, 2.24) is 0 Å². The fraction of sp³-hybridized carbons (Fsp3) is 0.273. The number of nitrogens with two attached hydrogens (primary N) is 2. The molecule has 0 saturated carbocycles. The smallest absolute Gasteiger partial charge is 0.130 e. The van der Waals surface area contributed by atoms with Crippen molar-refractivity contribution in [3.05, 3.63) is 107 Å². The van der Waals surface area contributed by atoms with Crippen molar-refractivity contribution in [2.45, 2.75) is 58.8 Å². The molecule has 0 aliphatic heterocycles. The number of rotatable bonds is 10. The molecule has 0 amide bonds. The van der Waals surface area contributed by atoms with Gasteiger partial charge in [0, 0.05) is 17.8 Å². The Labute approximate surface area is 221 Å². The van der Waals surface area contributed by atoms with Crippen molar-refractivity contribution in [1.29, 1.82) is 0 Å². The Hall–Kier alpha value is -3.92. The molecule has 4 aromatic rings. The molecule has 4 nitrogen and oxygen atoms in total. The number of ether oxygens (including phenoxy) is 2. The third-order valence-electron chi connectivity index (χ3n) is 7.13. The lowest BCUT2D eigenvalue weighted by molar-refractivity contribution is 0.470. The summed E-state index contributed by atoms with van der Waals surface area (Å²) < 4.78 is 12.7. The second-order valence-electron chi connectivity index (χ2n) is 9.87. The van der Waals surface area contributed by atoms with Crippen molar-refractivity contribution in [3.63, 3.8) is 0 Å². The maximum absolute atomic E-state index is 6.37. The SMILES string of the molecule is CCC(C)c1ccc(Oc2ccc(N)cc2)c(Cc2cc(C(C)CC)ccc2Oc2ccc(N)cc2)c1. The van der Waals surface area contributed by atoms with Crippen LogP contribution in [0, 0.1) is 0 Å². The van der Waals surface area contributed by atoms with Gasteiger partial charge in [-0.25, -0.2) is 0 Å². The predicted molar refractivity (Wildman–Crippen MR) is 155 cm³/mol. The van der Waals surface area contributed by atoms with E-state index in [1.807, 2.05) is 48.5 Å². The second-order valence-corrected chi connectivity index (χ2v) is 9.87. The molecule has 4 N–H and O–H groups in total. The molecule has 4 aromatic carbocycles. The molecule has 4 rings (SSSR count). The fourth-order valence-corrected chi connectivity index (χ4v) is 4.29. The molecular weight excluding hydrogens is 456 g/mol. The summed E-state index contributed by atoms with van der Waals surface area (Å²) in [5.74, 6) is 4.12. The molecule has 0 fully saturated rings. The van der Waals surface area contributed by atoms with Crippen LogP contribution in [0.4, 0.5) is 11.4 Å². The maximum atomic E-state index is 6.37. The highest BCUT2D eigenvalue weighted by Gasteiger charge is 2.16. The topological polar surface area (TPSA) is 70.5 Å². The Bertz CT molecular complexity index is 1210. The van der Waals surface area contributed by atoms with Crippen LogP contribution in [0.3, 0.4) is 0 Å². The van der Waals surface area contributed by atoms with Gasteiger partial charge >= 0.3 is 0 Å². The van der Waals surface area contributed by atoms with Gasteiger partial charge in [-0.2, -0.15) is 0 Å². The van der Waals surface area contributed by atoms with Gasteiger partial charge in [0.15, 0.2) is 0 Å². The van der Waals surface area contributed by atoms with E-state index >= 15 is 0 Å². The van der Waals surface area contributed by atoms with E-state index in [9.17, 15) is 0 Å². The van der Waals surface area contributed by atoms with Crippen LogP contribution in [0.5, 0.6) is 23.0 Å². The van der Waals surface area contributed by atoms with Gasteiger partial charge < -0.3 is 20.9 Å². The van der Waals surface area contributed by atoms with Gasteiger partial charge in [-0.3, -0.25) is 0 Å². The third-order valence-corrected chi connectivity index (χ3v) is 7.13. The first-order valence-electron chi connectivity index (χ1n) is 13.2. The van der Waals surface area contributed by atoms with Gasteiger partial charge in [0.1, 0.15) is 23.0 Å². The van der Waals surface area contributed by atoms with E-state index in [-0.39, 0.29) is 0 Å². The van der Waals surface area contributed by atoms with E-state index in [1.165, 1.54) is 11.1 Å². The van der Waals surface area contributed by atoms with Crippen molar-refractivity contribution in [3.8, 4) is 23.0 Å². The Morgan fingerprint density at radius 2 is 0.946 bits per heavy atom. The lowest BCUT2D eigenvalue weighted by Gasteiger charge is -2.19. The van der Waals surface area contributed by atoms with Gasteiger partial charge in [-0.1, -0.05) is 52.0 Å². The van der Waals surface area contributed by atoms with Crippen LogP contribution in [-0.4, -0.2) is 0 Å². The normalized spacial score (nSPS) is 12.6. The highest BCUT2D eigenvalue weighted by Crippen LogP contribution is 2.36. The molecule has 4 heteroatoms. The van der Waals surface area contributed by atoms with Gasteiger partial charge in [0.2, 0.25) is 0 Å². The molecule has 2 unspecified atom stereocenters. The molecule has 0 aromatic heterocycles. The van der Waals surface area contributed by atoms with Crippen LogP contribution in [0.1, 0.15) is 74.6 Å². The first-order valence-corrected chi connectivity index (χ1v) is 13.2.